The van der Waals surface area contributed by atoms with Gasteiger partial charge in [-0.15, -0.1) is 0 Å². The van der Waals surface area contributed by atoms with Crippen molar-refractivity contribution < 1.29 is 19.0 Å². The molecule has 4 nitrogen and oxygen atoms in total. The summed E-state index contributed by atoms with van der Waals surface area (Å²) in [4.78, 5) is 12.4. The monoisotopic (exact) mass is 452 g/mol. The Morgan fingerprint density at radius 2 is 1.59 bits per heavy atom. The zero-order valence-electron chi connectivity index (χ0n) is 16.2. The van der Waals surface area contributed by atoms with E-state index >= 15 is 0 Å². The predicted molar refractivity (Wildman–Crippen MR) is 118 cm³/mol. The van der Waals surface area contributed by atoms with Gasteiger partial charge < -0.3 is 14.2 Å². The molecule has 0 unspecified atom stereocenters. The minimum atomic E-state index is -0.0840. The van der Waals surface area contributed by atoms with E-state index in [-0.39, 0.29) is 5.78 Å². The third-order valence-electron chi connectivity index (χ3n) is 4.29. The van der Waals surface area contributed by atoms with Gasteiger partial charge in [0.25, 0.3) is 0 Å². The standard InChI is InChI=1S/C24H21BrO4/c1-27-23-14-6-17(15-24(23)28-2)5-13-22(26)19-7-11-21(12-8-19)29-16-18-3-9-20(25)10-4-18/h3-15H,16H2,1-2H3/b13-5+. The lowest BCUT2D eigenvalue weighted by Crippen LogP contribution is -1.97. The second-order valence-corrected chi connectivity index (χ2v) is 7.17. The number of hydrogen-bond donors (Lipinski definition) is 0. The maximum Gasteiger partial charge on any atom is 0.185 e. The molecule has 0 fully saturated rings. The molecule has 0 aliphatic heterocycles. The Balaban J connectivity index is 1.61. The fraction of sp³-hybridized carbons (Fsp3) is 0.125. The molecule has 3 rings (SSSR count). The Morgan fingerprint density at radius 3 is 2.24 bits per heavy atom. The molecule has 0 radical (unpaired) electrons. The first-order valence-corrected chi connectivity index (χ1v) is 9.80. The van der Waals surface area contributed by atoms with Crippen LogP contribution in [0, 0.1) is 0 Å². The Kier molecular flexibility index (Phi) is 7.09. The second-order valence-electron chi connectivity index (χ2n) is 6.25. The average Bonchev–Trinajstić information content (AvgIpc) is 2.77. The van der Waals surface area contributed by atoms with Crippen LogP contribution >= 0.6 is 15.9 Å². The third kappa shape index (κ3) is 5.72. The van der Waals surface area contributed by atoms with Gasteiger partial charge in [-0.05, 0) is 65.7 Å². The summed E-state index contributed by atoms with van der Waals surface area (Å²) in [5.41, 5.74) is 2.52. The first-order chi connectivity index (χ1) is 14.1. The number of ether oxygens (including phenoxy) is 3. The SMILES string of the molecule is COc1ccc(/C=C/C(=O)c2ccc(OCc3ccc(Br)cc3)cc2)cc1OC. The molecule has 3 aromatic rings. The summed E-state index contributed by atoms with van der Waals surface area (Å²) in [6.45, 7) is 0.472. The summed E-state index contributed by atoms with van der Waals surface area (Å²) < 4.78 is 17.3. The minimum Gasteiger partial charge on any atom is -0.493 e. The molecule has 0 aliphatic rings. The van der Waals surface area contributed by atoms with Crippen molar-refractivity contribution in [3.05, 3.63) is 94.0 Å². The van der Waals surface area contributed by atoms with Crippen molar-refractivity contribution >= 4 is 27.8 Å². The Morgan fingerprint density at radius 1 is 0.897 bits per heavy atom. The molecule has 0 amide bonds. The van der Waals surface area contributed by atoms with Gasteiger partial charge in [0.15, 0.2) is 17.3 Å². The number of carbonyl (C=O) groups excluding carboxylic acids is 1. The van der Waals surface area contributed by atoms with Crippen LogP contribution in [0.3, 0.4) is 0 Å². The number of halogens is 1. The quantitative estimate of drug-likeness (QED) is 0.313. The summed E-state index contributed by atoms with van der Waals surface area (Å²) >= 11 is 3.41. The number of carbonyl (C=O) groups is 1. The maximum absolute atomic E-state index is 12.4. The van der Waals surface area contributed by atoms with Gasteiger partial charge in [0.2, 0.25) is 0 Å². The van der Waals surface area contributed by atoms with Gasteiger partial charge in [-0.3, -0.25) is 4.79 Å². The van der Waals surface area contributed by atoms with Crippen LogP contribution in [0.2, 0.25) is 0 Å². The van der Waals surface area contributed by atoms with Crippen molar-refractivity contribution in [2.75, 3.05) is 14.2 Å². The lowest BCUT2D eigenvalue weighted by Gasteiger charge is -2.08. The normalized spacial score (nSPS) is 10.7. The van der Waals surface area contributed by atoms with Crippen LogP contribution < -0.4 is 14.2 Å². The molecular weight excluding hydrogens is 432 g/mol. The number of benzene rings is 3. The Hall–Kier alpha value is -3.05. The van der Waals surface area contributed by atoms with Gasteiger partial charge in [0.1, 0.15) is 12.4 Å². The highest BCUT2D eigenvalue weighted by Gasteiger charge is 2.05. The lowest BCUT2D eigenvalue weighted by atomic mass is 10.1. The van der Waals surface area contributed by atoms with Gasteiger partial charge >= 0.3 is 0 Å². The van der Waals surface area contributed by atoms with E-state index in [1.807, 2.05) is 36.4 Å². The van der Waals surface area contributed by atoms with E-state index in [0.717, 1.165) is 15.6 Å². The summed E-state index contributed by atoms with van der Waals surface area (Å²) in [6.07, 6.45) is 3.29. The number of methoxy groups -OCH3 is 2. The lowest BCUT2D eigenvalue weighted by molar-refractivity contribution is 0.104. The molecule has 0 saturated carbocycles. The summed E-state index contributed by atoms with van der Waals surface area (Å²) in [6, 6.07) is 20.6. The van der Waals surface area contributed by atoms with E-state index in [4.69, 9.17) is 14.2 Å². The van der Waals surface area contributed by atoms with Crippen molar-refractivity contribution in [2.45, 2.75) is 6.61 Å². The highest BCUT2D eigenvalue weighted by atomic mass is 79.9. The first-order valence-electron chi connectivity index (χ1n) is 9.01. The maximum atomic E-state index is 12.4. The molecule has 0 aromatic heterocycles. The molecule has 0 spiro atoms. The summed E-state index contributed by atoms with van der Waals surface area (Å²) in [5, 5.41) is 0. The average molecular weight is 453 g/mol. The van der Waals surface area contributed by atoms with Crippen LogP contribution in [0.25, 0.3) is 6.08 Å². The van der Waals surface area contributed by atoms with Gasteiger partial charge in [-0.25, -0.2) is 0 Å². The molecule has 0 heterocycles. The van der Waals surface area contributed by atoms with Crippen molar-refractivity contribution in [1.82, 2.24) is 0 Å². The number of hydrogen-bond acceptors (Lipinski definition) is 4. The first kappa shape index (κ1) is 20.7. The fourth-order valence-electron chi connectivity index (χ4n) is 2.69. The van der Waals surface area contributed by atoms with E-state index in [0.29, 0.717) is 29.4 Å². The van der Waals surface area contributed by atoms with Crippen LogP contribution in [-0.4, -0.2) is 20.0 Å². The molecule has 0 aliphatic carbocycles. The van der Waals surface area contributed by atoms with Crippen molar-refractivity contribution in [3.63, 3.8) is 0 Å². The van der Waals surface area contributed by atoms with Gasteiger partial charge in [-0.1, -0.05) is 40.2 Å². The van der Waals surface area contributed by atoms with E-state index < -0.39 is 0 Å². The van der Waals surface area contributed by atoms with Crippen LogP contribution in [0.4, 0.5) is 0 Å². The molecule has 0 N–H and O–H groups in total. The van der Waals surface area contributed by atoms with Crippen LogP contribution in [-0.2, 0) is 6.61 Å². The van der Waals surface area contributed by atoms with E-state index in [1.165, 1.54) is 0 Å². The largest absolute Gasteiger partial charge is 0.493 e. The molecule has 3 aromatic carbocycles. The third-order valence-corrected chi connectivity index (χ3v) is 4.82. The number of allylic oxidation sites excluding steroid dienone is 1. The molecule has 0 bridgehead atoms. The van der Waals surface area contributed by atoms with Gasteiger partial charge in [0, 0.05) is 10.0 Å². The molecular formula is C24H21BrO4. The Labute approximate surface area is 178 Å². The fourth-order valence-corrected chi connectivity index (χ4v) is 2.95. The van der Waals surface area contributed by atoms with Crippen molar-refractivity contribution in [3.8, 4) is 17.2 Å². The molecule has 148 valence electrons. The summed E-state index contributed by atoms with van der Waals surface area (Å²) in [7, 11) is 3.17. The zero-order chi connectivity index (χ0) is 20.6. The minimum absolute atomic E-state index is 0.0840. The topological polar surface area (TPSA) is 44.8 Å². The van der Waals surface area contributed by atoms with Crippen LogP contribution in [0.15, 0.2) is 77.3 Å². The van der Waals surface area contributed by atoms with E-state index in [2.05, 4.69) is 15.9 Å². The van der Waals surface area contributed by atoms with Crippen molar-refractivity contribution in [2.24, 2.45) is 0 Å². The predicted octanol–water partition coefficient (Wildman–Crippen LogP) is 5.94. The van der Waals surface area contributed by atoms with E-state index in [9.17, 15) is 4.79 Å². The van der Waals surface area contributed by atoms with Crippen LogP contribution in [0.5, 0.6) is 17.2 Å². The van der Waals surface area contributed by atoms with Crippen molar-refractivity contribution in [1.29, 1.82) is 0 Å². The second kappa shape index (κ2) is 9.94. The van der Waals surface area contributed by atoms with Gasteiger partial charge in [0.05, 0.1) is 14.2 Å². The Bertz CT molecular complexity index is 992. The van der Waals surface area contributed by atoms with E-state index in [1.54, 1.807) is 56.7 Å². The summed E-state index contributed by atoms with van der Waals surface area (Å²) in [5.74, 6) is 1.90. The van der Waals surface area contributed by atoms with Crippen LogP contribution in [0.1, 0.15) is 21.5 Å². The number of ketones is 1. The molecule has 0 atom stereocenters. The highest BCUT2D eigenvalue weighted by Crippen LogP contribution is 2.28. The molecule has 29 heavy (non-hydrogen) atoms. The highest BCUT2D eigenvalue weighted by molar-refractivity contribution is 9.10. The van der Waals surface area contributed by atoms with Gasteiger partial charge in [-0.2, -0.15) is 0 Å². The smallest absolute Gasteiger partial charge is 0.185 e. The number of rotatable bonds is 8. The zero-order valence-corrected chi connectivity index (χ0v) is 17.8. The molecule has 0 saturated heterocycles. The molecule has 5 heteroatoms.